The third-order valence-corrected chi connectivity index (χ3v) is 2.86. The van der Waals surface area contributed by atoms with Crippen LogP contribution >= 0.6 is 0 Å². The first-order chi connectivity index (χ1) is 8.68. The molecule has 1 aromatic carbocycles. The van der Waals surface area contributed by atoms with E-state index in [1.165, 1.54) is 10.9 Å². The fraction of sp³-hybridized carbons (Fsp3) is 0.286. The Morgan fingerprint density at radius 3 is 2.94 bits per heavy atom. The molecule has 0 radical (unpaired) electrons. The molecular formula is C14H17N3O. The minimum Gasteiger partial charge on any atom is -0.348 e. The Morgan fingerprint density at radius 2 is 2.17 bits per heavy atom. The Bertz CT molecular complexity index is 546. The molecule has 94 valence electrons. The van der Waals surface area contributed by atoms with Crippen molar-refractivity contribution in [2.45, 2.75) is 6.54 Å². The molecule has 0 unspecified atom stereocenters. The predicted molar refractivity (Wildman–Crippen MR) is 72.1 cm³/mol. The molecule has 1 amide bonds. The molecule has 1 heterocycles. The third kappa shape index (κ3) is 2.84. The van der Waals surface area contributed by atoms with Gasteiger partial charge in [-0.1, -0.05) is 18.2 Å². The van der Waals surface area contributed by atoms with Crippen molar-refractivity contribution in [1.29, 1.82) is 0 Å². The van der Waals surface area contributed by atoms with Crippen molar-refractivity contribution in [3.63, 3.8) is 0 Å². The highest BCUT2D eigenvalue weighted by Crippen LogP contribution is 2.16. The number of rotatable bonds is 4. The Labute approximate surface area is 107 Å². The van der Waals surface area contributed by atoms with Crippen molar-refractivity contribution in [3.05, 3.63) is 42.2 Å². The minimum atomic E-state index is 0.0805. The summed E-state index contributed by atoms with van der Waals surface area (Å²) in [4.78, 5) is 17.1. The van der Waals surface area contributed by atoms with Crippen molar-refractivity contribution in [2.75, 3.05) is 20.6 Å². The standard InChI is InChI=1S/C14H17N3O/c1-17(2)14(18)10-16-9-12-5-3-4-11-8-15-7-6-13(11)12/h3-8,16H,9-10H2,1-2H3. The van der Waals surface area contributed by atoms with E-state index in [4.69, 9.17) is 0 Å². The molecule has 0 atom stereocenters. The highest BCUT2D eigenvalue weighted by molar-refractivity contribution is 5.84. The maximum absolute atomic E-state index is 11.5. The van der Waals surface area contributed by atoms with E-state index < -0.39 is 0 Å². The van der Waals surface area contributed by atoms with Crippen LogP contribution in [-0.2, 0) is 11.3 Å². The summed E-state index contributed by atoms with van der Waals surface area (Å²) in [6, 6.07) is 8.11. The largest absolute Gasteiger partial charge is 0.348 e. The molecule has 0 aliphatic heterocycles. The molecule has 2 aromatic rings. The van der Waals surface area contributed by atoms with E-state index >= 15 is 0 Å². The summed E-state index contributed by atoms with van der Waals surface area (Å²) in [6.07, 6.45) is 3.64. The van der Waals surface area contributed by atoms with Crippen molar-refractivity contribution in [3.8, 4) is 0 Å². The monoisotopic (exact) mass is 243 g/mol. The van der Waals surface area contributed by atoms with Crippen molar-refractivity contribution in [1.82, 2.24) is 15.2 Å². The van der Waals surface area contributed by atoms with Crippen LogP contribution in [0.25, 0.3) is 10.8 Å². The van der Waals surface area contributed by atoms with Gasteiger partial charge < -0.3 is 10.2 Å². The first kappa shape index (κ1) is 12.5. The molecule has 2 rings (SSSR count). The van der Waals surface area contributed by atoms with Crippen molar-refractivity contribution in [2.24, 2.45) is 0 Å². The van der Waals surface area contributed by atoms with Crippen LogP contribution in [0, 0.1) is 0 Å². The van der Waals surface area contributed by atoms with Crippen LogP contribution < -0.4 is 5.32 Å². The topological polar surface area (TPSA) is 45.2 Å². The lowest BCUT2D eigenvalue weighted by Crippen LogP contribution is -2.32. The molecule has 0 saturated carbocycles. The summed E-state index contributed by atoms with van der Waals surface area (Å²) < 4.78 is 0. The van der Waals surface area contributed by atoms with Gasteiger partial charge in [-0.2, -0.15) is 0 Å². The average Bonchev–Trinajstić information content (AvgIpc) is 2.38. The van der Waals surface area contributed by atoms with Gasteiger partial charge >= 0.3 is 0 Å². The summed E-state index contributed by atoms with van der Waals surface area (Å²) in [6.45, 7) is 1.04. The van der Waals surface area contributed by atoms with Crippen molar-refractivity contribution >= 4 is 16.7 Å². The van der Waals surface area contributed by atoms with Crippen LogP contribution in [-0.4, -0.2) is 36.4 Å². The van der Waals surface area contributed by atoms with Gasteiger partial charge in [0.15, 0.2) is 0 Å². The fourth-order valence-corrected chi connectivity index (χ4v) is 1.81. The van der Waals surface area contributed by atoms with E-state index in [2.05, 4.69) is 16.4 Å². The number of benzene rings is 1. The number of hydrogen-bond donors (Lipinski definition) is 1. The summed E-state index contributed by atoms with van der Waals surface area (Å²) >= 11 is 0. The molecule has 0 bridgehead atoms. The fourth-order valence-electron chi connectivity index (χ4n) is 1.81. The Hall–Kier alpha value is -1.94. The lowest BCUT2D eigenvalue weighted by Gasteiger charge is -2.11. The number of amides is 1. The predicted octanol–water partition coefficient (Wildman–Crippen LogP) is 1.41. The SMILES string of the molecule is CN(C)C(=O)CNCc1cccc2cnccc12. The van der Waals surface area contributed by atoms with Gasteiger partial charge in [0.25, 0.3) is 0 Å². The average molecular weight is 243 g/mol. The number of carbonyl (C=O) groups is 1. The Balaban J connectivity index is 2.06. The van der Waals surface area contributed by atoms with E-state index in [-0.39, 0.29) is 5.91 Å². The summed E-state index contributed by atoms with van der Waals surface area (Å²) in [5.41, 5.74) is 1.18. The van der Waals surface area contributed by atoms with E-state index in [0.29, 0.717) is 13.1 Å². The smallest absolute Gasteiger partial charge is 0.236 e. The van der Waals surface area contributed by atoms with Gasteiger partial charge in [0.2, 0.25) is 5.91 Å². The number of nitrogens with zero attached hydrogens (tertiary/aromatic N) is 2. The normalized spacial score (nSPS) is 10.6. The zero-order valence-electron chi connectivity index (χ0n) is 10.7. The Kier molecular flexibility index (Phi) is 3.89. The van der Waals surface area contributed by atoms with E-state index in [0.717, 1.165) is 5.39 Å². The van der Waals surface area contributed by atoms with Gasteiger partial charge in [-0.15, -0.1) is 0 Å². The quantitative estimate of drug-likeness (QED) is 0.883. The third-order valence-electron chi connectivity index (χ3n) is 2.86. The first-order valence-corrected chi connectivity index (χ1v) is 5.91. The van der Waals surface area contributed by atoms with Gasteiger partial charge in [0.1, 0.15) is 0 Å². The van der Waals surface area contributed by atoms with Crippen molar-refractivity contribution < 1.29 is 4.79 Å². The Morgan fingerprint density at radius 1 is 1.33 bits per heavy atom. The highest BCUT2D eigenvalue weighted by atomic mass is 16.2. The molecule has 0 fully saturated rings. The summed E-state index contributed by atoms with van der Waals surface area (Å²) in [5.74, 6) is 0.0805. The van der Waals surface area contributed by atoms with E-state index in [9.17, 15) is 4.79 Å². The van der Waals surface area contributed by atoms with Gasteiger partial charge in [-0.25, -0.2) is 0 Å². The number of pyridine rings is 1. The lowest BCUT2D eigenvalue weighted by atomic mass is 10.1. The number of nitrogens with one attached hydrogen (secondary N) is 1. The minimum absolute atomic E-state index is 0.0805. The molecule has 4 heteroatoms. The number of fused-ring (bicyclic) bond motifs is 1. The molecule has 1 aromatic heterocycles. The molecule has 18 heavy (non-hydrogen) atoms. The zero-order valence-corrected chi connectivity index (χ0v) is 10.7. The van der Waals surface area contributed by atoms with Crippen LogP contribution in [0.3, 0.4) is 0 Å². The molecule has 0 saturated heterocycles. The second-order valence-electron chi connectivity index (χ2n) is 4.41. The number of aromatic nitrogens is 1. The van der Waals surface area contributed by atoms with Crippen LogP contribution in [0.4, 0.5) is 0 Å². The van der Waals surface area contributed by atoms with Gasteiger partial charge in [-0.3, -0.25) is 9.78 Å². The molecular weight excluding hydrogens is 226 g/mol. The molecule has 0 spiro atoms. The van der Waals surface area contributed by atoms with Crippen LogP contribution in [0.2, 0.25) is 0 Å². The second-order valence-corrected chi connectivity index (χ2v) is 4.41. The van der Waals surface area contributed by atoms with Gasteiger partial charge in [0, 0.05) is 38.4 Å². The first-order valence-electron chi connectivity index (χ1n) is 5.91. The van der Waals surface area contributed by atoms with E-state index in [1.54, 1.807) is 25.2 Å². The number of carbonyl (C=O) groups excluding carboxylic acids is 1. The summed E-state index contributed by atoms with van der Waals surface area (Å²) in [5, 5.41) is 5.46. The van der Waals surface area contributed by atoms with Gasteiger partial charge in [0.05, 0.1) is 6.54 Å². The van der Waals surface area contributed by atoms with E-state index in [1.807, 2.05) is 24.4 Å². The molecule has 1 N–H and O–H groups in total. The molecule has 4 nitrogen and oxygen atoms in total. The highest BCUT2D eigenvalue weighted by Gasteiger charge is 2.04. The number of hydrogen-bond acceptors (Lipinski definition) is 3. The maximum Gasteiger partial charge on any atom is 0.236 e. The molecule has 0 aliphatic rings. The van der Waals surface area contributed by atoms with Crippen LogP contribution in [0.5, 0.6) is 0 Å². The van der Waals surface area contributed by atoms with Crippen LogP contribution in [0.1, 0.15) is 5.56 Å². The summed E-state index contributed by atoms with van der Waals surface area (Å²) in [7, 11) is 3.52. The van der Waals surface area contributed by atoms with Crippen LogP contribution in [0.15, 0.2) is 36.7 Å². The molecule has 0 aliphatic carbocycles. The van der Waals surface area contributed by atoms with Gasteiger partial charge in [-0.05, 0) is 17.0 Å². The second kappa shape index (κ2) is 5.60. The maximum atomic E-state index is 11.5. The zero-order chi connectivity index (χ0) is 13.0. The lowest BCUT2D eigenvalue weighted by molar-refractivity contribution is -0.127. The number of likely N-dealkylation sites (N-methyl/N-ethyl adjacent to an activating group) is 1.